The predicted molar refractivity (Wildman–Crippen MR) is 25.1 cm³/mol. The van der Waals surface area contributed by atoms with Gasteiger partial charge < -0.3 is 14.7 Å². The summed E-state index contributed by atoms with van der Waals surface area (Å²) >= 11 is 0. The standard InChI is InChI=1S/C3H2BF3O3/c5-3(6,7)1-2-10-4(8)9/h8-9H. The minimum atomic E-state index is -4.67. The maximum absolute atomic E-state index is 11.1. The van der Waals surface area contributed by atoms with Crippen molar-refractivity contribution in [2.45, 2.75) is 6.18 Å². The number of halogens is 3. The van der Waals surface area contributed by atoms with Crippen molar-refractivity contribution < 1.29 is 27.9 Å². The normalized spacial score (nSPS) is 9.70. The van der Waals surface area contributed by atoms with Crippen LogP contribution in [0.5, 0.6) is 0 Å². The van der Waals surface area contributed by atoms with Gasteiger partial charge in [-0.1, -0.05) is 0 Å². The topological polar surface area (TPSA) is 49.7 Å². The van der Waals surface area contributed by atoms with Crippen molar-refractivity contribution in [1.29, 1.82) is 0 Å². The largest absolute Gasteiger partial charge is 0.716 e. The van der Waals surface area contributed by atoms with Crippen LogP contribution >= 0.6 is 0 Å². The second-order valence-corrected chi connectivity index (χ2v) is 1.17. The second-order valence-electron chi connectivity index (χ2n) is 1.17. The van der Waals surface area contributed by atoms with Gasteiger partial charge in [0.15, 0.2) is 0 Å². The van der Waals surface area contributed by atoms with Gasteiger partial charge in [-0.25, -0.2) is 0 Å². The molecular formula is C3H2BF3O3. The van der Waals surface area contributed by atoms with Crippen molar-refractivity contribution in [3.63, 3.8) is 0 Å². The SMILES string of the molecule is OB(O)OC#CC(F)(F)F. The van der Waals surface area contributed by atoms with Crippen molar-refractivity contribution in [3.05, 3.63) is 0 Å². The van der Waals surface area contributed by atoms with Gasteiger partial charge >= 0.3 is 13.5 Å². The Morgan fingerprint density at radius 1 is 1.30 bits per heavy atom. The van der Waals surface area contributed by atoms with E-state index in [0.29, 0.717) is 5.92 Å². The molecule has 0 spiro atoms. The fourth-order valence-corrected chi connectivity index (χ4v) is 0.140. The first-order valence-electron chi connectivity index (χ1n) is 2.02. The van der Waals surface area contributed by atoms with Gasteiger partial charge in [0.2, 0.25) is 0 Å². The third-order valence-corrected chi connectivity index (χ3v) is 0.357. The lowest BCUT2D eigenvalue weighted by Gasteiger charge is -1.92. The molecule has 0 aliphatic carbocycles. The van der Waals surface area contributed by atoms with E-state index < -0.39 is 13.5 Å². The van der Waals surface area contributed by atoms with E-state index in [0.717, 1.165) is 6.11 Å². The van der Waals surface area contributed by atoms with Crippen LogP contribution in [0.15, 0.2) is 0 Å². The molecule has 0 rings (SSSR count). The molecule has 0 saturated heterocycles. The Morgan fingerprint density at radius 2 is 1.80 bits per heavy atom. The number of rotatable bonds is 1. The smallest absolute Gasteiger partial charge is 0.462 e. The van der Waals surface area contributed by atoms with Crippen molar-refractivity contribution in [3.8, 4) is 12.0 Å². The van der Waals surface area contributed by atoms with E-state index >= 15 is 0 Å². The molecule has 0 atom stereocenters. The maximum Gasteiger partial charge on any atom is 0.716 e. The van der Waals surface area contributed by atoms with Gasteiger partial charge in [0, 0.05) is 0 Å². The first kappa shape index (κ1) is 9.13. The fourth-order valence-electron chi connectivity index (χ4n) is 0.140. The van der Waals surface area contributed by atoms with Crippen LogP contribution < -0.4 is 0 Å². The molecule has 0 aliphatic rings. The molecule has 0 aromatic rings. The molecule has 0 heterocycles. The zero-order valence-corrected chi connectivity index (χ0v) is 4.51. The zero-order valence-electron chi connectivity index (χ0n) is 4.51. The van der Waals surface area contributed by atoms with Crippen LogP contribution in [0.4, 0.5) is 13.2 Å². The van der Waals surface area contributed by atoms with Gasteiger partial charge in [-0.2, -0.15) is 13.2 Å². The van der Waals surface area contributed by atoms with Gasteiger partial charge in [0.1, 0.15) is 6.11 Å². The van der Waals surface area contributed by atoms with E-state index in [-0.39, 0.29) is 0 Å². The maximum atomic E-state index is 11.1. The minimum Gasteiger partial charge on any atom is -0.462 e. The van der Waals surface area contributed by atoms with Crippen LogP contribution in [-0.2, 0) is 4.65 Å². The summed E-state index contributed by atoms with van der Waals surface area (Å²) in [5.74, 6) is 0.661. The molecule has 0 amide bonds. The molecule has 56 valence electrons. The monoisotopic (exact) mass is 154 g/mol. The summed E-state index contributed by atoms with van der Waals surface area (Å²) in [6.07, 6.45) is -3.62. The number of hydrogen-bond acceptors (Lipinski definition) is 3. The fraction of sp³-hybridized carbons (Fsp3) is 0.333. The Balaban J connectivity index is 3.71. The summed E-state index contributed by atoms with van der Waals surface area (Å²) in [5.41, 5.74) is 0. The minimum absolute atomic E-state index is 0.661. The lowest BCUT2D eigenvalue weighted by Crippen LogP contribution is -2.13. The van der Waals surface area contributed by atoms with Gasteiger partial charge in [0.05, 0.1) is 5.92 Å². The van der Waals surface area contributed by atoms with E-state index in [4.69, 9.17) is 10.0 Å². The van der Waals surface area contributed by atoms with Crippen LogP contribution in [-0.4, -0.2) is 23.5 Å². The van der Waals surface area contributed by atoms with Crippen molar-refractivity contribution in [2.75, 3.05) is 0 Å². The molecule has 0 aromatic carbocycles. The average Bonchev–Trinajstić information content (AvgIpc) is 1.59. The lowest BCUT2D eigenvalue weighted by molar-refractivity contribution is -0.0701. The summed E-state index contributed by atoms with van der Waals surface area (Å²) < 4.78 is 36.7. The molecule has 0 saturated carbocycles. The average molecular weight is 154 g/mol. The third kappa shape index (κ3) is 7.13. The summed E-state index contributed by atoms with van der Waals surface area (Å²) in [6.45, 7) is 0. The summed E-state index contributed by atoms with van der Waals surface area (Å²) in [4.78, 5) is 0. The Kier molecular flexibility index (Phi) is 3.05. The molecule has 0 aliphatic heterocycles. The van der Waals surface area contributed by atoms with E-state index in [9.17, 15) is 13.2 Å². The Morgan fingerprint density at radius 3 is 2.10 bits per heavy atom. The zero-order chi connectivity index (χ0) is 8.20. The Bertz CT molecular complexity index is 155. The van der Waals surface area contributed by atoms with Crippen LogP contribution in [0, 0.1) is 12.0 Å². The molecular weight excluding hydrogens is 152 g/mol. The van der Waals surface area contributed by atoms with Crippen molar-refractivity contribution in [2.24, 2.45) is 0 Å². The molecule has 2 N–H and O–H groups in total. The molecule has 0 bridgehead atoms. The van der Waals surface area contributed by atoms with Gasteiger partial charge in [-0.15, -0.1) is 0 Å². The molecule has 0 fully saturated rings. The van der Waals surface area contributed by atoms with E-state index in [2.05, 4.69) is 4.65 Å². The van der Waals surface area contributed by atoms with Crippen molar-refractivity contribution in [1.82, 2.24) is 0 Å². The highest BCUT2D eigenvalue weighted by Crippen LogP contribution is 2.11. The molecule has 7 heteroatoms. The van der Waals surface area contributed by atoms with E-state index in [1.807, 2.05) is 0 Å². The third-order valence-electron chi connectivity index (χ3n) is 0.357. The molecule has 0 aromatic heterocycles. The highest BCUT2D eigenvalue weighted by molar-refractivity contribution is 6.33. The highest BCUT2D eigenvalue weighted by Gasteiger charge is 2.23. The van der Waals surface area contributed by atoms with Crippen LogP contribution in [0.2, 0.25) is 0 Å². The first-order chi connectivity index (χ1) is 4.42. The van der Waals surface area contributed by atoms with Crippen molar-refractivity contribution >= 4 is 7.32 Å². The lowest BCUT2D eigenvalue weighted by atomic mass is 10.3. The van der Waals surface area contributed by atoms with Gasteiger partial charge in [0.25, 0.3) is 0 Å². The van der Waals surface area contributed by atoms with Crippen LogP contribution in [0.3, 0.4) is 0 Å². The summed E-state index contributed by atoms with van der Waals surface area (Å²) in [7, 11) is -2.30. The Hall–Kier alpha value is -0.865. The first-order valence-corrected chi connectivity index (χ1v) is 2.02. The van der Waals surface area contributed by atoms with Gasteiger partial charge in [-0.3, -0.25) is 0 Å². The number of hydrogen-bond donors (Lipinski definition) is 2. The van der Waals surface area contributed by atoms with E-state index in [1.165, 1.54) is 0 Å². The van der Waals surface area contributed by atoms with Crippen LogP contribution in [0.25, 0.3) is 0 Å². The van der Waals surface area contributed by atoms with Crippen LogP contribution in [0.1, 0.15) is 0 Å². The molecule has 3 nitrogen and oxygen atoms in total. The second kappa shape index (κ2) is 3.34. The van der Waals surface area contributed by atoms with Gasteiger partial charge in [-0.05, 0) is 0 Å². The molecule has 0 unspecified atom stereocenters. The summed E-state index contributed by atoms with van der Waals surface area (Å²) in [5, 5.41) is 15.6. The number of alkyl halides is 3. The predicted octanol–water partition coefficient (Wildman–Crippen LogP) is -0.504. The highest BCUT2D eigenvalue weighted by atomic mass is 19.4. The Labute approximate surface area is 54.6 Å². The van der Waals surface area contributed by atoms with E-state index in [1.54, 1.807) is 0 Å². The molecule has 0 radical (unpaired) electrons. The molecule has 10 heavy (non-hydrogen) atoms. The summed E-state index contributed by atoms with van der Waals surface area (Å²) in [6, 6.07) is 0. The quantitative estimate of drug-likeness (QED) is 0.395.